The Hall–Kier alpha value is -4.30. The lowest BCUT2D eigenvalue weighted by atomic mass is 10.1. The van der Waals surface area contributed by atoms with Crippen LogP contribution in [0.1, 0.15) is 21.5 Å². The van der Waals surface area contributed by atoms with Crippen LogP contribution in [0.25, 0.3) is 22.0 Å². The highest BCUT2D eigenvalue weighted by atomic mass is 35.5. The molecule has 0 unspecified atom stereocenters. The van der Waals surface area contributed by atoms with Crippen LogP contribution in [0.2, 0.25) is 5.02 Å². The van der Waals surface area contributed by atoms with Crippen LogP contribution in [-0.2, 0) is 6.54 Å². The van der Waals surface area contributed by atoms with Crippen molar-refractivity contribution in [1.82, 2.24) is 9.55 Å². The standard InChI is InChI=1S/C26H21ClN4O4/c1-14-19-11-20-21(12-22(19)35-25(33)23(14)24(28)32)31(13-15-4-3-5-16(27)10-15)26(30-20)29-17-6-8-18(34-2)9-7-17/h3-12H,13H2,1-2H3,(H2,28,32)(H,29,30). The van der Waals surface area contributed by atoms with E-state index in [1.807, 2.05) is 53.1 Å². The van der Waals surface area contributed by atoms with Crippen LogP contribution in [0.3, 0.4) is 0 Å². The number of aromatic nitrogens is 2. The lowest BCUT2D eigenvalue weighted by Crippen LogP contribution is -2.22. The molecule has 3 aromatic carbocycles. The monoisotopic (exact) mass is 488 g/mol. The molecule has 2 aromatic heterocycles. The quantitative estimate of drug-likeness (QED) is 0.325. The molecule has 0 aliphatic heterocycles. The van der Waals surface area contributed by atoms with E-state index in [4.69, 9.17) is 31.5 Å². The summed E-state index contributed by atoms with van der Waals surface area (Å²) in [7, 11) is 1.61. The molecule has 0 aliphatic carbocycles. The van der Waals surface area contributed by atoms with Gasteiger partial charge in [-0.15, -0.1) is 0 Å². The second-order valence-corrected chi connectivity index (χ2v) is 8.53. The highest BCUT2D eigenvalue weighted by molar-refractivity contribution is 6.30. The average Bonchev–Trinajstić information content (AvgIpc) is 3.14. The Kier molecular flexibility index (Phi) is 5.66. The second-order valence-electron chi connectivity index (χ2n) is 8.10. The van der Waals surface area contributed by atoms with Gasteiger partial charge >= 0.3 is 5.63 Å². The van der Waals surface area contributed by atoms with Crippen molar-refractivity contribution >= 4 is 51.1 Å². The largest absolute Gasteiger partial charge is 0.497 e. The molecule has 1 amide bonds. The van der Waals surface area contributed by atoms with Gasteiger partial charge in [-0.2, -0.15) is 0 Å². The number of halogens is 1. The van der Waals surface area contributed by atoms with Gasteiger partial charge < -0.3 is 24.8 Å². The minimum absolute atomic E-state index is 0.160. The van der Waals surface area contributed by atoms with E-state index >= 15 is 0 Å². The molecule has 0 saturated heterocycles. The summed E-state index contributed by atoms with van der Waals surface area (Å²) in [5.74, 6) is 0.493. The van der Waals surface area contributed by atoms with Gasteiger partial charge in [0.1, 0.15) is 16.9 Å². The minimum Gasteiger partial charge on any atom is -0.497 e. The molecule has 0 aliphatic rings. The number of nitrogens with two attached hydrogens (primary N) is 1. The molecule has 5 aromatic rings. The third-order valence-corrected chi connectivity index (χ3v) is 6.09. The highest BCUT2D eigenvalue weighted by Gasteiger charge is 2.19. The van der Waals surface area contributed by atoms with E-state index in [0.717, 1.165) is 22.5 Å². The Morgan fingerprint density at radius 1 is 1.17 bits per heavy atom. The average molecular weight is 489 g/mol. The Morgan fingerprint density at radius 3 is 2.63 bits per heavy atom. The van der Waals surface area contributed by atoms with Gasteiger partial charge in [-0.3, -0.25) is 4.79 Å². The molecule has 35 heavy (non-hydrogen) atoms. The third-order valence-electron chi connectivity index (χ3n) is 5.86. The number of ether oxygens (including phenoxy) is 1. The smallest absolute Gasteiger partial charge is 0.349 e. The molecule has 0 saturated carbocycles. The molecule has 8 nitrogen and oxygen atoms in total. The second kappa shape index (κ2) is 8.81. The highest BCUT2D eigenvalue weighted by Crippen LogP contribution is 2.30. The number of benzene rings is 3. The number of methoxy groups -OCH3 is 1. The van der Waals surface area contributed by atoms with Crippen molar-refractivity contribution in [2.24, 2.45) is 5.73 Å². The van der Waals surface area contributed by atoms with E-state index in [0.29, 0.717) is 39.6 Å². The van der Waals surface area contributed by atoms with Gasteiger partial charge in [0.2, 0.25) is 5.95 Å². The van der Waals surface area contributed by atoms with Crippen LogP contribution >= 0.6 is 11.6 Å². The van der Waals surface area contributed by atoms with Gasteiger partial charge in [-0.05, 0) is 60.5 Å². The number of carbonyl (C=O) groups excluding carboxylic acids is 1. The SMILES string of the molecule is COc1ccc(Nc2nc3cc4c(C)c(C(N)=O)c(=O)oc4cc3n2Cc2cccc(Cl)c2)cc1. The van der Waals surface area contributed by atoms with Gasteiger partial charge in [-0.1, -0.05) is 23.7 Å². The molecule has 9 heteroatoms. The predicted molar refractivity (Wildman–Crippen MR) is 136 cm³/mol. The predicted octanol–water partition coefficient (Wildman–Crippen LogP) is 5.00. The number of primary amides is 1. The van der Waals surface area contributed by atoms with Gasteiger partial charge in [0.15, 0.2) is 0 Å². The number of nitrogens with one attached hydrogen (secondary N) is 1. The Labute approximate surface area is 204 Å². The molecule has 0 bridgehead atoms. The minimum atomic E-state index is -0.827. The number of amides is 1. The van der Waals surface area contributed by atoms with E-state index < -0.39 is 11.5 Å². The molecule has 2 heterocycles. The van der Waals surface area contributed by atoms with E-state index in [1.165, 1.54) is 0 Å². The van der Waals surface area contributed by atoms with Crippen molar-refractivity contribution in [3.05, 3.63) is 92.8 Å². The molecule has 0 fully saturated rings. The summed E-state index contributed by atoms with van der Waals surface area (Å²) in [5.41, 5.74) is 8.46. The molecule has 5 rings (SSSR count). The van der Waals surface area contributed by atoms with Gasteiger partial charge in [0.25, 0.3) is 5.91 Å². The van der Waals surface area contributed by atoms with Crippen LogP contribution in [-0.4, -0.2) is 22.6 Å². The third kappa shape index (κ3) is 4.20. The van der Waals surface area contributed by atoms with Gasteiger partial charge in [0, 0.05) is 22.2 Å². The zero-order chi connectivity index (χ0) is 24.7. The van der Waals surface area contributed by atoms with Crippen LogP contribution in [0.15, 0.2) is 69.9 Å². The van der Waals surface area contributed by atoms with Crippen molar-refractivity contribution in [3.8, 4) is 5.75 Å². The maximum Gasteiger partial charge on any atom is 0.349 e. The molecule has 0 radical (unpaired) electrons. The number of imidazole rings is 1. The number of nitrogens with zero attached hydrogens (tertiary/aromatic N) is 2. The molecule has 176 valence electrons. The number of hydrogen-bond acceptors (Lipinski definition) is 6. The maximum atomic E-state index is 12.4. The topological polar surface area (TPSA) is 112 Å². The molecular weight excluding hydrogens is 468 g/mol. The van der Waals surface area contributed by atoms with Crippen molar-refractivity contribution < 1.29 is 13.9 Å². The number of aryl methyl sites for hydroxylation is 1. The zero-order valence-electron chi connectivity index (χ0n) is 19.0. The number of anilines is 2. The van der Waals surface area contributed by atoms with E-state index in [2.05, 4.69) is 5.32 Å². The maximum absolute atomic E-state index is 12.4. The first kappa shape index (κ1) is 22.5. The van der Waals surface area contributed by atoms with Crippen molar-refractivity contribution in [2.75, 3.05) is 12.4 Å². The van der Waals surface area contributed by atoms with E-state index in [-0.39, 0.29) is 5.56 Å². The number of fused-ring (bicyclic) bond motifs is 2. The lowest BCUT2D eigenvalue weighted by molar-refractivity contribution is 0.0996. The van der Waals surface area contributed by atoms with Gasteiger partial charge in [-0.25, -0.2) is 9.78 Å². The van der Waals surface area contributed by atoms with Crippen LogP contribution < -0.4 is 21.4 Å². The summed E-state index contributed by atoms with van der Waals surface area (Å²) in [4.78, 5) is 29.0. The summed E-state index contributed by atoms with van der Waals surface area (Å²) in [6.45, 7) is 2.13. The Bertz CT molecular complexity index is 1650. The Morgan fingerprint density at radius 2 is 1.94 bits per heavy atom. The Balaban J connectivity index is 1.71. The van der Waals surface area contributed by atoms with Crippen LogP contribution in [0.4, 0.5) is 11.6 Å². The normalized spacial score (nSPS) is 11.2. The first-order chi connectivity index (χ1) is 16.8. The molecule has 0 spiro atoms. The molecule has 0 atom stereocenters. The first-order valence-electron chi connectivity index (χ1n) is 10.8. The summed E-state index contributed by atoms with van der Waals surface area (Å²) in [6.07, 6.45) is 0. The van der Waals surface area contributed by atoms with Crippen LogP contribution in [0.5, 0.6) is 5.75 Å². The fourth-order valence-electron chi connectivity index (χ4n) is 4.13. The summed E-state index contributed by atoms with van der Waals surface area (Å²) in [5, 5.41) is 4.57. The summed E-state index contributed by atoms with van der Waals surface area (Å²) in [6, 6.07) is 18.6. The zero-order valence-corrected chi connectivity index (χ0v) is 19.7. The van der Waals surface area contributed by atoms with Crippen molar-refractivity contribution in [1.29, 1.82) is 0 Å². The van der Waals surface area contributed by atoms with Crippen molar-refractivity contribution in [3.63, 3.8) is 0 Å². The summed E-state index contributed by atoms with van der Waals surface area (Å²) >= 11 is 6.21. The number of rotatable bonds is 6. The number of carbonyl (C=O) groups is 1. The van der Waals surface area contributed by atoms with Crippen LogP contribution in [0, 0.1) is 6.92 Å². The fourth-order valence-corrected chi connectivity index (χ4v) is 4.34. The molecular formula is C26H21ClN4O4. The van der Waals surface area contributed by atoms with Crippen molar-refractivity contribution in [2.45, 2.75) is 13.5 Å². The van der Waals surface area contributed by atoms with E-state index in [1.54, 1.807) is 26.2 Å². The number of hydrogen-bond donors (Lipinski definition) is 2. The lowest BCUT2D eigenvalue weighted by Gasteiger charge is -2.12. The van der Waals surface area contributed by atoms with E-state index in [9.17, 15) is 9.59 Å². The summed E-state index contributed by atoms with van der Waals surface area (Å²) < 4.78 is 12.7. The fraction of sp³-hybridized carbons (Fsp3) is 0.115. The van der Waals surface area contributed by atoms with Gasteiger partial charge in [0.05, 0.1) is 24.7 Å². The molecule has 3 N–H and O–H groups in total. The first-order valence-corrected chi connectivity index (χ1v) is 11.1.